The number of aromatic nitrogens is 2. The summed E-state index contributed by atoms with van der Waals surface area (Å²) in [5, 5.41) is 16.4. The molecule has 2 N–H and O–H groups in total. The van der Waals surface area contributed by atoms with Gasteiger partial charge in [-0.2, -0.15) is 5.10 Å². The van der Waals surface area contributed by atoms with Crippen LogP contribution in [0.25, 0.3) is 16.9 Å². The SMILES string of the molecule is CC1(C)OC(=O)C(=CNc2ccc(-n3nc(C(=O)O)cc3-c3ccccc3)cc2)C(=O)O1. The first-order chi connectivity index (χ1) is 15.2. The Morgan fingerprint density at radius 1 is 1.03 bits per heavy atom. The van der Waals surface area contributed by atoms with Gasteiger partial charge in [0.25, 0.3) is 5.79 Å². The Bertz CT molecular complexity index is 1200. The van der Waals surface area contributed by atoms with E-state index in [1.807, 2.05) is 30.3 Å². The number of hydrogen-bond donors (Lipinski definition) is 2. The fourth-order valence-electron chi connectivity index (χ4n) is 3.13. The maximum absolute atomic E-state index is 12.0. The molecule has 0 aliphatic carbocycles. The van der Waals surface area contributed by atoms with Crippen LogP contribution < -0.4 is 5.32 Å². The normalized spacial score (nSPS) is 15.0. The van der Waals surface area contributed by atoms with Crippen LogP contribution in [0, 0.1) is 0 Å². The number of nitrogens with zero attached hydrogens (tertiary/aromatic N) is 2. The summed E-state index contributed by atoms with van der Waals surface area (Å²) >= 11 is 0. The number of nitrogens with one attached hydrogen (secondary N) is 1. The van der Waals surface area contributed by atoms with E-state index in [9.17, 15) is 19.5 Å². The minimum absolute atomic E-state index is 0.0759. The third-order valence-corrected chi connectivity index (χ3v) is 4.61. The molecule has 0 radical (unpaired) electrons. The zero-order chi connectivity index (χ0) is 22.9. The van der Waals surface area contributed by atoms with Crippen LogP contribution in [0.3, 0.4) is 0 Å². The van der Waals surface area contributed by atoms with Crippen molar-refractivity contribution in [1.29, 1.82) is 0 Å². The van der Waals surface area contributed by atoms with Crippen LogP contribution in [0.15, 0.2) is 72.4 Å². The number of carboxylic acid groups (broad SMARTS) is 1. The van der Waals surface area contributed by atoms with E-state index in [2.05, 4.69) is 10.4 Å². The fourth-order valence-corrected chi connectivity index (χ4v) is 3.13. The fraction of sp³-hybridized carbons (Fsp3) is 0.130. The number of rotatable bonds is 5. The topological polar surface area (TPSA) is 120 Å². The van der Waals surface area contributed by atoms with Crippen molar-refractivity contribution in [3.63, 3.8) is 0 Å². The Morgan fingerprint density at radius 3 is 2.25 bits per heavy atom. The summed E-state index contributed by atoms with van der Waals surface area (Å²) in [6.07, 6.45) is 1.22. The zero-order valence-corrected chi connectivity index (χ0v) is 17.2. The van der Waals surface area contributed by atoms with Crippen LogP contribution in [0.1, 0.15) is 24.3 Å². The van der Waals surface area contributed by atoms with Crippen LogP contribution >= 0.6 is 0 Å². The summed E-state index contributed by atoms with van der Waals surface area (Å²) < 4.78 is 11.6. The summed E-state index contributed by atoms with van der Waals surface area (Å²) in [5.74, 6) is -3.98. The Hall–Kier alpha value is -4.40. The van der Waals surface area contributed by atoms with E-state index in [1.54, 1.807) is 28.9 Å². The molecule has 1 saturated heterocycles. The van der Waals surface area contributed by atoms with E-state index in [4.69, 9.17) is 9.47 Å². The predicted molar refractivity (Wildman–Crippen MR) is 114 cm³/mol. The van der Waals surface area contributed by atoms with E-state index < -0.39 is 23.7 Å². The molecule has 3 aromatic rings. The lowest BCUT2D eigenvalue weighted by Gasteiger charge is -2.29. The lowest BCUT2D eigenvalue weighted by atomic mass is 10.1. The molecule has 162 valence electrons. The average Bonchev–Trinajstić information content (AvgIpc) is 3.19. The average molecular weight is 433 g/mol. The predicted octanol–water partition coefficient (Wildman–Crippen LogP) is 3.37. The lowest BCUT2D eigenvalue weighted by molar-refractivity contribution is -0.222. The Morgan fingerprint density at radius 2 is 1.66 bits per heavy atom. The van der Waals surface area contributed by atoms with Crippen molar-refractivity contribution < 1.29 is 29.0 Å². The minimum atomic E-state index is -1.30. The molecule has 2 heterocycles. The van der Waals surface area contributed by atoms with E-state index in [0.29, 0.717) is 17.1 Å². The van der Waals surface area contributed by atoms with Crippen molar-refractivity contribution in [2.24, 2.45) is 0 Å². The summed E-state index contributed by atoms with van der Waals surface area (Å²) in [7, 11) is 0. The number of carboxylic acids is 1. The molecule has 0 amide bonds. The van der Waals surface area contributed by atoms with Gasteiger partial charge in [-0.25, -0.2) is 19.1 Å². The van der Waals surface area contributed by atoms with E-state index in [1.165, 1.54) is 26.1 Å². The Balaban J connectivity index is 1.59. The number of benzene rings is 2. The van der Waals surface area contributed by atoms with Gasteiger partial charge in [-0.05, 0) is 30.3 Å². The van der Waals surface area contributed by atoms with Gasteiger partial charge in [0.1, 0.15) is 0 Å². The molecule has 0 atom stereocenters. The number of carbonyl (C=O) groups excluding carboxylic acids is 2. The van der Waals surface area contributed by atoms with Gasteiger partial charge in [0.2, 0.25) is 0 Å². The molecule has 1 aliphatic heterocycles. The smallest absolute Gasteiger partial charge is 0.356 e. The molecule has 1 fully saturated rings. The van der Waals surface area contributed by atoms with Gasteiger partial charge in [-0.15, -0.1) is 0 Å². The molecular formula is C23H19N3O6. The van der Waals surface area contributed by atoms with Gasteiger partial charge in [0.05, 0.1) is 11.4 Å². The van der Waals surface area contributed by atoms with Crippen molar-refractivity contribution >= 4 is 23.6 Å². The highest BCUT2D eigenvalue weighted by molar-refractivity contribution is 6.15. The number of hydrogen-bond acceptors (Lipinski definition) is 7. The molecule has 0 spiro atoms. The summed E-state index contributed by atoms with van der Waals surface area (Å²) in [5.41, 5.74) is 2.33. The molecule has 2 aromatic carbocycles. The quantitative estimate of drug-likeness (QED) is 0.357. The molecule has 0 saturated carbocycles. The van der Waals surface area contributed by atoms with Gasteiger partial charge < -0.3 is 19.9 Å². The summed E-state index contributed by atoms with van der Waals surface area (Å²) in [6.45, 7) is 2.95. The summed E-state index contributed by atoms with van der Waals surface area (Å²) in [6, 6.07) is 17.7. The van der Waals surface area contributed by atoms with Crippen LogP contribution in [0.5, 0.6) is 0 Å². The third-order valence-electron chi connectivity index (χ3n) is 4.61. The summed E-state index contributed by atoms with van der Waals surface area (Å²) in [4.78, 5) is 35.5. The molecular weight excluding hydrogens is 414 g/mol. The highest BCUT2D eigenvalue weighted by atomic mass is 16.7. The molecule has 32 heavy (non-hydrogen) atoms. The first-order valence-corrected chi connectivity index (χ1v) is 9.66. The highest BCUT2D eigenvalue weighted by Crippen LogP contribution is 2.26. The molecule has 1 aliphatic rings. The zero-order valence-electron chi connectivity index (χ0n) is 17.2. The molecule has 9 heteroatoms. The number of carbonyl (C=O) groups is 3. The number of anilines is 1. The highest BCUT2D eigenvalue weighted by Gasteiger charge is 2.38. The minimum Gasteiger partial charge on any atom is -0.476 e. The molecule has 4 rings (SSSR count). The number of cyclic esters (lactones) is 2. The van der Waals surface area contributed by atoms with Crippen molar-refractivity contribution in [3.8, 4) is 16.9 Å². The van der Waals surface area contributed by atoms with Crippen molar-refractivity contribution in [3.05, 3.63) is 78.1 Å². The maximum Gasteiger partial charge on any atom is 0.356 e. The first-order valence-electron chi connectivity index (χ1n) is 9.66. The number of esters is 2. The second kappa shape index (κ2) is 8.03. The van der Waals surface area contributed by atoms with Crippen molar-refractivity contribution in [1.82, 2.24) is 9.78 Å². The van der Waals surface area contributed by atoms with Crippen LogP contribution in [0.4, 0.5) is 5.69 Å². The van der Waals surface area contributed by atoms with Gasteiger partial charge in [0, 0.05) is 31.3 Å². The molecule has 9 nitrogen and oxygen atoms in total. The first kappa shape index (κ1) is 20.9. The third kappa shape index (κ3) is 4.22. The lowest BCUT2D eigenvalue weighted by Crippen LogP contribution is -2.42. The van der Waals surface area contributed by atoms with Gasteiger partial charge in [-0.3, -0.25) is 0 Å². The van der Waals surface area contributed by atoms with E-state index in [0.717, 1.165) is 5.56 Å². The Kier molecular flexibility index (Phi) is 5.23. The molecule has 0 unspecified atom stereocenters. The van der Waals surface area contributed by atoms with E-state index in [-0.39, 0.29) is 11.3 Å². The molecule has 1 aromatic heterocycles. The molecule has 0 bridgehead atoms. The van der Waals surface area contributed by atoms with Gasteiger partial charge in [0.15, 0.2) is 11.3 Å². The van der Waals surface area contributed by atoms with Gasteiger partial charge in [-0.1, -0.05) is 30.3 Å². The van der Waals surface area contributed by atoms with Crippen LogP contribution in [-0.2, 0) is 19.1 Å². The second-order valence-corrected chi connectivity index (χ2v) is 7.43. The Labute approximate surface area is 182 Å². The monoisotopic (exact) mass is 433 g/mol. The van der Waals surface area contributed by atoms with Crippen molar-refractivity contribution in [2.75, 3.05) is 5.32 Å². The second-order valence-electron chi connectivity index (χ2n) is 7.43. The van der Waals surface area contributed by atoms with Crippen LogP contribution in [-0.4, -0.2) is 38.6 Å². The number of aromatic carboxylic acids is 1. The standard InChI is InChI=1S/C23H19N3O6/c1-23(2)31-21(29)17(22(30)32-23)13-24-15-8-10-16(11-9-15)26-19(12-18(25-26)20(27)28)14-6-4-3-5-7-14/h3-13,24H,1-2H3,(H,27,28). The van der Waals surface area contributed by atoms with Crippen LogP contribution in [0.2, 0.25) is 0 Å². The number of ether oxygens (including phenoxy) is 2. The van der Waals surface area contributed by atoms with Crippen molar-refractivity contribution in [2.45, 2.75) is 19.6 Å². The van der Waals surface area contributed by atoms with Gasteiger partial charge >= 0.3 is 17.9 Å². The van der Waals surface area contributed by atoms with E-state index >= 15 is 0 Å². The maximum atomic E-state index is 12.0. The largest absolute Gasteiger partial charge is 0.476 e.